The fraction of sp³-hybridized carbons (Fsp3) is 0.105. The maximum absolute atomic E-state index is 12.3. The molecule has 0 radical (unpaired) electrons. The number of aliphatic hydroxyl groups excluding tert-OH is 1. The number of carbonyl (C=O) groups is 1. The van der Waals surface area contributed by atoms with Crippen molar-refractivity contribution in [2.45, 2.75) is 13.0 Å². The number of anilines is 1. The Kier molecular flexibility index (Phi) is 4.63. The molecule has 3 rings (SSSR count). The first-order chi connectivity index (χ1) is 11.6. The van der Waals surface area contributed by atoms with Gasteiger partial charge in [0, 0.05) is 17.3 Å². The number of hydrogen-bond donors (Lipinski definition) is 2. The highest BCUT2D eigenvalue weighted by Gasteiger charge is 2.15. The lowest BCUT2D eigenvalue weighted by atomic mass is 10.1. The number of aliphatic hydroxyl groups is 1. The van der Waals surface area contributed by atoms with Crippen LogP contribution in [0.4, 0.5) is 5.69 Å². The Labute approximate surface area is 139 Å². The van der Waals surface area contributed by atoms with Gasteiger partial charge in [-0.05, 0) is 31.2 Å². The fourth-order valence-corrected chi connectivity index (χ4v) is 2.26. The Morgan fingerprint density at radius 3 is 2.50 bits per heavy atom. The Morgan fingerprint density at radius 2 is 1.75 bits per heavy atom. The van der Waals surface area contributed by atoms with Gasteiger partial charge < -0.3 is 19.6 Å². The highest BCUT2D eigenvalue weighted by molar-refractivity contribution is 6.02. The summed E-state index contributed by atoms with van der Waals surface area (Å²) in [5, 5.41) is 12.5. The number of furan rings is 1. The third-order valence-electron chi connectivity index (χ3n) is 3.43. The minimum Gasteiger partial charge on any atom is -0.426 e. The van der Waals surface area contributed by atoms with E-state index in [2.05, 4.69) is 5.32 Å². The SMILES string of the molecule is CC(O)c1ccccc1NC(=O)c1ccc(Oc2ccccc2)o1. The Balaban J connectivity index is 1.73. The summed E-state index contributed by atoms with van der Waals surface area (Å²) >= 11 is 0. The zero-order valence-electron chi connectivity index (χ0n) is 13.1. The van der Waals surface area contributed by atoms with Crippen LogP contribution in [-0.2, 0) is 0 Å². The van der Waals surface area contributed by atoms with Gasteiger partial charge in [0.25, 0.3) is 11.9 Å². The fourth-order valence-electron chi connectivity index (χ4n) is 2.26. The molecule has 0 bridgehead atoms. The van der Waals surface area contributed by atoms with Crippen LogP contribution in [0.15, 0.2) is 71.1 Å². The van der Waals surface area contributed by atoms with Gasteiger partial charge in [0.15, 0.2) is 5.76 Å². The first-order valence-electron chi connectivity index (χ1n) is 7.54. The average molecular weight is 323 g/mol. The van der Waals surface area contributed by atoms with Crippen LogP contribution in [0, 0.1) is 0 Å². The van der Waals surface area contributed by atoms with Crippen molar-refractivity contribution in [1.29, 1.82) is 0 Å². The maximum atomic E-state index is 12.3. The van der Waals surface area contributed by atoms with E-state index in [1.807, 2.05) is 18.2 Å². The maximum Gasteiger partial charge on any atom is 0.291 e. The summed E-state index contributed by atoms with van der Waals surface area (Å²) in [7, 11) is 0. The first-order valence-corrected chi connectivity index (χ1v) is 7.54. The van der Waals surface area contributed by atoms with Crippen LogP contribution in [-0.4, -0.2) is 11.0 Å². The van der Waals surface area contributed by atoms with Crippen LogP contribution in [0.3, 0.4) is 0 Å². The molecule has 3 aromatic rings. The molecule has 1 aromatic heterocycles. The van der Waals surface area contributed by atoms with Crippen LogP contribution >= 0.6 is 0 Å². The molecule has 24 heavy (non-hydrogen) atoms. The third kappa shape index (κ3) is 3.64. The topological polar surface area (TPSA) is 71.7 Å². The van der Waals surface area contributed by atoms with Gasteiger partial charge in [0.1, 0.15) is 5.75 Å². The molecule has 0 saturated carbocycles. The predicted molar refractivity (Wildman–Crippen MR) is 90.3 cm³/mol. The summed E-state index contributed by atoms with van der Waals surface area (Å²) in [4.78, 5) is 12.3. The second-order valence-corrected chi connectivity index (χ2v) is 5.25. The van der Waals surface area contributed by atoms with Crippen LogP contribution in [0.5, 0.6) is 11.7 Å². The summed E-state index contributed by atoms with van der Waals surface area (Å²) in [6, 6.07) is 19.4. The van der Waals surface area contributed by atoms with E-state index >= 15 is 0 Å². The van der Waals surface area contributed by atoms with E-state index in [1.54, 1.807) is 55.5 Å². The van der Waals surface area contributed by atoms with E-state index < -0.39 is 12.0 Å². The second kappa shape index (κ2) is 7.02. The zero-order chi connectivity index (χ0) is 16.9. The van der Waals surface area contributed by atoms with Crippen molar-refractivity contribution >= 4 is 11.6 Å². The van der Waals surface area contributed by atoms with E-state index in [1.165, 1.54) is 0 Å². The standard InChI is InChI=1S/C19H17NO4/c1-13(21)15-9-5-6-10-16(15)20-19(22)17-11-12-18(24-17)23-14-7-3-2-4-8-14/h2-13,21H,1H3,(H,20,22). The van der Waals surface area contributed by atoms with Gasteiger partial charge in [-0.3, -0.25) is 4.79 Å². The molecule has 5 heteroatoms. The molecule has 0 saturated heterocycles. The molecule has 1 heterocycles. The number of amides is 1. The van der Waals surface area contributed by atoms with Gasteiger partial charge in [0.2, 0.25) is 0 Å². The smallest absolute Gasteiger partial charge is 0.291 e. The van der Waals surface area contributed by atoms with Crippen molar-refractivity contribution in [3.63, 3.8) is 0 Å². The van der Waals surface area contributed by atoms with E-state index in [0.29, 0.717) is 17.0 Å². The molecule has 1 atom stereocenters. The number of hydrogen-bond acceptors (Lipinski definition) is 4. The van der Waals surface area contributed by atoms with E-state index in [0.717, 1.165) is 0 Å². The number of benzene rings is 2. The number of carbonyl (C=O) groups excluding carboxylic acids is 1. The Bertz CT molecular complexity index is 824. The van der Waals surface area contributed by atoms with Crippen molar-refractivity contribution < 1.29 is 19.1 Å². The van der Waals surface area contributed by atoms with Crippen molar-refractivity contribution in [3.05, 3.63) is 78.1 Å². The lowest BCUT2D eigenvalue weighted by Crippen LogP contribution is -2.13. The molecular formula is C19H17NO4. The van der Waals surface area contributed by atoms with Gasteiger partial charge in [-0.1, -0.05) is 36.4 Å². The van der Waals surface area contributed by atoms with Crippen LogP contribution < -0.4 is 10.1 Å². The highest BCUT2D eigenvalue weighted by atomic mass is 16.6. The van der Waals surface area contributed by atoms with Crippen molar-refractivity contribution in [2.24, 2.45) is 0 Å². The molecule has 0 fully saturated rings. The number of nitrogens with one attached hydrogen (secondary N) is 1. The molecule has 0 aliphatic rings. The molecule has 5 nitrogen and oxygen atoms in total. The second-order valence-electron chi connectivity index (χ2n) is 5.25. The van der Waals surface area contributed by atoms with Gasteiger partial charge in [-0.15, -0.1) is 0 Å². The Hall–Kier alpha value is -3.05. The Morgan fingerprint density at radius 1 is 1.04 bits per heavy atom. The largest absolute Gasteiger partial charge is 0.426 e. The van der Waals surface area contributed by atoms with Gasteiger partial charge in [-0.2, -0.15) is 0 Å². The van der Waals surface area contributed by atoms with E-state index in [-0.39, 0.29) is 11.7 Å². The highest BCUT2D eigenvalue weighted by Crippen LogP contribution is 2.26. The summed E-state index contributed by atoms with van der Waals surface area (Å²) in [5.74, 6) is 0.570. The zero-order valence-corrected chi connectivity index (χ0v) is 13.1. The lowest BCUT2D eigenvalue weighted by molar-refractivity contribution is 0.0991. The normalized spacial score (nSPS) is 11.8. The minimum atomic E-state index is -0.685. The van der Waals surface area contributed by atoms with E-state index in [9.17, 15) is 9.90 Å². The molecule has 1 amide bonds. The van der Waals surface area contributed by atoms with Crippen LogP contribution in [0.2, 0.25) is 0 Å². The molecule has 2 aromatic carbocycles. The quantitative estimate of drug-likeness (QED) is 0.731. The van der Waals surface area contributed by atoms with E-state index in [4.69, 9.17) is 9.15 Å². The number of ether oxygens (including phenoxy) is 1. The summed E-state index contributed by atoms with van der Waals surface area (Å²) in [6.07, 6.45) is -0.685. The van der Waals surface area contributed by atoms with Gasteiger partial charge >= 0.3 is 0 Å². The van der Waals surface area contributed by atoms with Gasteiger partial charge in [-0.25, -0.2) is 0 Å². The van der Waals surface area contributed by atoms with Crippen molar-refractivity contribution in [3.8, 4) is 11.7 Å². The van der Waals surface area contributed by atoms with Crippen molar-refractivity contribution in [1.82, 2.24) is 0 Å². The summed E-state index contributed by atoms with van der Waals surface area (Å²) < 4.78 is 11.0. The lowest BCUT2D eigenvalue weighted by Gasteiger charge is -2.12. The molecule has 2 N–H and O–H groups in total. The van der Waals surface area contributed by atoms with Crippen molar-refractivity contribution in [2.75, 3.05) is 5.32 Å². The molecule has 0 aliphatic heterocycles. The number of para-hydroxylation sites is 2. The summed E-state index contributed by atoms with van der Waals surface area (Å²) in [5.41, 5.74) is 1.18. The van der Waals surface area contributed by atoms with Crippen LogP contribution in [0.1, 0.15) is 29.1 Å². The van der Waals surface area contributed by atoms with Gasteiger partial charge in [0.05, 0.1) is 6.10 Å². The monoisotopic (exact) mass is 323 g/mol. The third-order valence-corrected chi connectivity index (χ3v) is 3.43. The molecule has 122 valence electrons. The molecule has 0 aliphatic carbocycles. The first kappa shape index (κ1) is 15.8. The average Bonchev–Trinajstić information content (AvgIpc) is 3.05. The number of rotatable bonds is 5. The van der Waals surface area contributed by atoms with Crippen LogP contribution in [0.25, 0.3) is 0 Å². The molecule has 0 spiro atoms. The summed E-state index contributed by atoms with van der Waals surface area (Å²) in [6.45, 7) is 1.64. The minimum absolute atomic E-state index is 0.126. The molecular weight excluding hydrogens is 306 g/mol. The predicted octanol–water partition coefficient (Wildman–Crippen LogP) is 4.38. The molecule has 1 unspecified atom stereocenters.